The van der Waals surface area contributed by atoms with Gasteiger partial charge >= 0.3 is 6.36 Å². The molecule has 0 atom stereocenters. The second-order valence-corrected chi connectivity index (χ2v) is 4.03. The monoisotopic (exact) mass is 367 g/mol. The molecule has 1 heterocycles. The number of rotatable bonds is 4. The Kier molecular flexibility index (Phi) is 5.08. The van der Waals surface area contributed by atoms with Crippen LogP contribution in [-0.4, -0.2) is 16.6 Å². The molecule has 0 aromatic carbocycles. The first-order chi connectivity index (χ1) is 8.65. The van der Waals surface area contributed by atoms with Crippen molar-refractivity contribution in [1.29, 1.82) is 0 Å². The van der Waals surface area contributed by atoms with Crippen LogP contribution >= 0.6 is 27.5 Å². The third-order valence-corrected chi connectivity index (χ3v) is 2.58. The number of halogens is 7. The van der Waals surface area contributed by atoms with Gasteiger partial charge in [-0.2, -0.15) is 0 Å². The number of nitrogens with zero attached hydrogens (tertiary/aromatic N) is 1. The molecule has 0 aliphatic carbocycles. The molecular formula is C9H4BrClF5NO2. The lowest BCUT2D eigenvalue weighted by molar-refractivity contribution is -0.275. The number of alkyl halides is 6. The van der Waals surface area contributed by atoms with Crippen molar-refractivity contribution in [2.75, 3.05) is 0 Å². The quantitative estimate of drug-likeness (QED) is 0.454. The minimum Gasteiger partial charge on any atom is -0.403 e. The van der Waals surface area contributed by atoms with E-state index >= 15 is 0 Å². The normalized spacial score (nSPS) is 11.8. The average molecular weight is 368 g/mol. The molecule has 1 aromatic rings. The molecule has 1 aromatic heterocycles. The molecule has 0 bridgehead atoms. The number of pyridine rings is 1. The summed E-state index contributed by atoms with van der Waals surface area (Å²) in [4.78, 5) is 14.3. The van der Waals surface area contributed by atoms with Crippen molar-refractivity contribution in [3.63, 3.8) is 0 Å². The van der Waals surface area contributed by atoms with E-state index in [1.807, 2.05) is 0 Å². The van der Waals surface area contributed by atoms with Crippen LogP contribution in [0.3, 0.4) is 0 Å². The largest absolute Gasteiger partial charge is 0.573 e. The molecule has 0 fully saturated rings. The molecule has 19 heavy (non-hydrogen) atoms. The molecule has 1 rings (SSSR count). The Hall–Kier alpha value is -0.960. The molecule has 0 N–H and O–H groups in total. The van der Waals surface area contributed by atoms with Crippen molar-refractivity contribution in [1.82, 2.24) is 4.98 Å². The maximum atomic E-state index is 12.5. The van der Waals surface area contributed by atoms with Gasteiger partial charge in [0.05, 0.1) is 11.3 Å². The van der Waals surface area contributed by atoms with Crippen LogP contribution in [0.15, 0.2) is 6.07 Å². The van der Waals surface area contributed by atoms with E-state index in [-0.39, 0.29) is 5.33 Å². The fourth-order valence-electron chi connectivity index (χ4n) is 1.19. The zero-order valence-electron chi connectivity index (χ0n) is 8.77. The molecule has 0 aliphatic rings. The van der Waals surface area contributed by atoms with Crippen LogP contribution in [0.2, 0.25) is 0 Å². The molecule has 0 radical (unpaired) electrons. The van der Waals surface area contributed by atoms with E-state index in [1.165, 1.54) is 0 Å². The summed E-state index contributed by atoms with van der Waals surface area (Å²) in [5.41, 5.74) is -2.19. The zero-order chi connectivity index (χ0) is 14.8. The van der Waals surface area contributed by atoms with E-state index < -0.39 is 40.7 Å². The number of carbonyl (C=O) groups excluding carboxylic acids is 1. The highest BCUT2D eigenvalue weighted by molar-refractivity contribution is 9.08. The summed E-state index contributed by atoms with van der Waals surface area (Å²) in [5.74, 6) is -0.992. The van der Waals surface area contributed by atoms with Crippen LogP contribution in [0.4, 0.5) is 22.0 Å². The molecule has 3 nitrogen and oxygen atoms in total. The summed E-state index contributed by atoms with van der Waals surface area (Å²) in [6, 6.07) is 0.466. The highest BCUT2D eigenvalue weighted by Crippen LogP contribution is 2.34. The first-order valence-corrected chi connectivity index (χ1v) is 5.99. The molecule has 106 valence electrons. The second kappa shape index (κ2) is 6.00. The summed E-state index contributed by atoms with van der Waals surface area (Å²) < 4.78 is 65.2. The molecule has 0 saturated carbocycles. The van der Waals surface area contributed by atoms with Crippen molar-refractivity contribution >= 4 is 32.8 Å². The van der Waals surface area contributed by atoms with Gasteiger partial charge in [-0.3, -0.25) is 4.79 Å². The Bertz CT molecular complexity index is 494. The summed E-state index contributed by atoms with van der Waals surface area (Å²) in [5, 5.41) is -1.68. The van der Waals surface area contributed by atoms with Gasteiger partial charge < -0.3 is 4.74 Å². The number of aromatic nitrogens is 1. The third-order valence-electron chi connectivity index (χ3n) is 1.84. The minimum absolute atomic E-state index is 0.323. The fourth-order valence-corrected chi connectivity index (χ4v) is 1.71. The van der Waals surface area contributed by atoms with Crippen molar-refractivity contribution in [3.8, 4) is 5.75 Å². The van der Waals surface area contributed by atoms with Gasteiger partial charge in [0.25, 0.3) is 11.7 Å². The number of hydrogen-bond donors (Lipinski definition) is 0. The van der Waals surface area contributed by atoms with Gasteiger partial charge in [0, 0.05) is 5.33 Å². The Labute approximate surface area is 116 Å². The van der Waals surface area contributed by atoms with Gasteiger partial charge in [-0.05, 0) is 17.7 Å². The van der Waals surface area contributed by atoms with Gasteiger partial charge in [-0.25, -0.2) is 13.8 Å². The Morgan fingerprint density at radius 2 is 2.05 bits per heavy atom. The van der Waals surface area contributed by atoms with E-state index in [1.54, 1.807) is 0 Å². The van der Waals surface area contributed by atoms with Crippen molar-refractivity contribution < 1.29 is 31.5 Å². The maximum Gasteiger partial charge on any atom is 0.573 e. The standard InChI is InChI=1S/C9H4BrClF5NO2/c10-2-5-6(19-9(14,15)16)3(7(11)18)1-4(17-5)8(12)13/h1,8H,2H2. The lowest BCUT2D eigenvalue weighted by Gasteiger charge is -2.15. The van der Waals surface area contributed by atoms with Crippen molar-refractivity contribution in [3.05, 3.63) is 23.0 Å². The predicted molar refractivity (Wildman–Crippen MR) is 58.7 cm³/mol. The highest BCUT2D eigenvalue weighted by Gasteiger charge is 2.35. The Morgan fingerprint density at radius 1 is 1.47 bits per heavy atom. The van der Waals surface area contributed by atoms with Gasteiger partial charge in [0.2, 0.25) is 0 Å². The second-order valence-electron chi connectivity index (χ2n) is 3.13. The van der Waals surface area contributed by atoms with Gasteiger partial charge in [-0.15, -0.1) is 13.2 Å². The summed E-state index contributed by atoms with van der Waals surface area (Å²) in [6.45, 7) is 0. The molecule has 0 unspecified atom stereocenters. The van der Waals surface area contributed by atoms with Crippen LogP contribution in [-0.2, 0) is 5.33 Å². The van der Waals surface area contributed by atoms with E-state index in [4.69, 9.17) is 11.6 Å². The summed E-state index contributed by atoms with van der Waals surface area (Å²) in [7, 11) is 0. The lowest BCUT2D eigenvalue weighted by Crippen LogP contribution is -2.20. The topological polar surface area (TPSA) is 39.2 Å². The predicted octanol–water partition coefficient (Wildman–Crippen LogP) is 4.19. The molecule has 0 spiro atoms. The molecular weight excluding hydrogens is 364 g/mol. The van der Waals surface area contributed by atoms with Gasteiger partial charge in [0.15, 0.2) is 5.75 Å². The molecule has 10 heteroatoms. The zero-order valence-corrected chi connectivity index (χ0v) is 11.1. The van der Waals surface area contributed by atoms with Crippen LogP contribution in [0.5, 0.6) is 5.75 Å². The van der Waals surface area contributed by atoms with E-state index in [0.717, 1.165) is 0 Å². The van der Waals surface area contributed by atoms with Gasteiger partial charge in [-0.1, -0.05) is 15.9 Å². The summed E-state index contributed by atoms with van der Waals surface area (Å²) >= 11 is 7.84. The minimum atomic E-state index is -5.11. The van der Waals surface area contributed by atoms with Crippen LogP contribution in [0.25, 0.3) is 0 Å². The van der Waals surface area contributed by atoms with E-state index in [0.29, 0.717) is 6.07 Å². The lowest BCUT2D eigenvalue weighted by atomic mass is 10.2. The molecule has 0 saturated heterocycles. The summed E-state index contributed by atoms with van der Waals surface area (Å²) in [6.07, 6.45) is -8.17. The smallest absolute Gasteiger partial charge is 0.403 e. The SMILES string of the molecule is O=C(Cl)c1cc(C(F)F)nc(CBr)c1OC(F)(F)F. The maximum absolute atomic E-state index is 12.5. The van der Waals surface area contributed by atoms with Gasteiger partial charge in [0.1, 0.15) is 5.69 Å². The van der Waals surface area contributed by atoms with Crippen molar-refractivity contribution in [2.24, 2.45) is 0 Å². The Balaban J connectivity index is 3.45. The number of carbonyl (C=O) groups is 1. The van der Waals surface area contributed by atoms with Crippen molar-refractivity contribution in [2.45, 2.75) is 18.1 Å². The third kappa shape index (κ3) is 4.27. The molecule has 0 amide bonds. The highest BCUT2D eigenvalue weighted by atomic mass is 79.9. The molecule has 0 aliphatic heterocycles. The van der Waals surface area contributed by atoms with E-state index in [9.17, 15) is 26.7 Å². The van der Waals surface area contributed by atoms with E-state index in [2.05, 4.69) is 25.7 Å². The first-order valence-electron chi connectivity index (χ1n) is 4.49. The fraction of sp³-hybridized carbons (Fsp3) is 0.333. The van der Waals surface area contributed by atoms with Crippen LogP contribution in [0.1, 0.15) is 28.2 Å². The first kappa shape index (κ1) is 16.1. The Morgan fingerprint density at radius 3 is 2.42 bits per heavy atom. The average Bonchev–Trinajstić information content (AvgIpc) is 2.26. The number of ether oxygens (including phenoxy) is 1. The number of hydrogen-bond acceptors (Lipinski definition) is 3. The van der Waals surface area contributed by atoms with Crippen LogP contribution in [0, 0.1) is 0 Å². The van der Waals surface area contributed by atoms with Crippen LogP contribution < -0.4 is 4.74 Å².